The van der Waals surface area contributed by atoms with E-state index >= 15 is 0 Å². The minimum absolute atomic E-state index is 0.251. The second kappa shape index (κ2) is 4.00. The molecule has 0 amide bonds. The highest BCUT2D eigenvalue weighted by molar-refractivity contribution is 7.80. The molecule has 3 nitrogen and oxygen atoms in total. The highest BCUT2D eigenvalue weighted by Crippen LogP contribution is 2.10. The Balaban J connectivity index is 2.91. The van der Waals surface area contributed by atoms with Gasteiger partial charge >= 0.3 is 5.97 Å². The summed E-state index contributed by atoms with van der Waals surface area (Å²) in [6.07, 6.45) is 0. The Morgan fingerprint density at radius 1 is 1.54 bits per heavy atom. The molecule has 0 aliphatic rings. The van der Waals surface area contributed by atoms with Crippen LogP contribution in [0, 0.1) is 0 Å². The summed E-state index contributed by atoms with van der Waals surface area (Å²) in [7, 11) is 0. The standard InChI is InChI=1S/C9H9NO2S/c1-6(13)10-8-4-2-3-7(5-8)9(11)12/h2-5H,1H3,(H,10,13)(H,11,12). The molecule has 68 valence electrons. The Labute approximate surface area is 81.4 Å². The minimum Gasteiger partial charge on any atom is -0.478 e. The Kier molecular flexibility index (Phi) is 2.97. The molecule has 0 saturated carbocycles. The van der Waals surface area contributed by atoms with Crippen LogP contribution in [0.5, 0.6) is 0 Å². The van der Waals surface area contributed by atoms with E-state index in [4.69, 9.17) is 17.3 Å². The van der Waals surface area contributed by atoms with E-state index in [2.05, 4.69) is 5.32 Å². The molecule has 0 heterocycles. The van der Waals surface area contributed by atoms with Crippen LogP contribution in [-0.4, -0.2) is 16.1 Å². The van der Waals surface area contributed by atoms with Crippen molar-refractivity contribution in [2.45, 2.75) is 6.92 Å². The quantitative estimate of drug-likeness (QED) is 0.710. The number of carboxylic acid groups (broad SMARTS) is 1. The predicted molar refractivity (Wildman–Crippen MR) is 55.3 cm³/mol. The number of hydrogen-bond acceptors (Lipinski definition) is 2. The van der Waals surface area contributed by atoms with Gasteiger partial charge in [-0.05, 0) is 25.1 Å². The Morgan fingerprint density at radius 3 is 2.77 bits per heavy atom. The molecule has 2 N–H and O–H groups in total. The molecule has 0 fully saturated rings. The molecule has 0 aliphatic heterocycles. The third kappa shape index (κ3) is 2.83. The van der Waals surface area contributed by atoms with Crippen LogP contribution < -0.4 is 5.32 Å². The molecule has 0 saturated heterocycles. The molecule has 0 bridgehead atoms. The number of aromatic carboxylic acids is 1. The summed E-state index contributed by atoms with van der Waals surface area (Å²) in [6, 6.07) is 6.51. The van der Waals surface area contributed by atoms with Crippen LogP contribution in [0.4, 0.5) is 5.69 Å². The van der Waals surface area contributed by atoms with Crippen LogP contribution in [-0.2, 0) is 0 Å². The van der Waals surface area contributed by atoms with Crippen molar-refractivity contribution in [3.63, 3.8) is 0 Å². The van der Waals surface area contributed by atoms with Crippen molar-refractivity contribution >= 4 is 28.9 Å². The van der Waals surface area contributed by atoms with Gasteiger partial charge in [0, 0.05) is 5.69 Å². The smallest absolute Gasteiger partial charge is 0.335 e. The molecular weight excluding hydrogens is 186 g/mol. The first-order chi connectivity index (χ1) is 6.09. The highest BCUT2D eigenvalue weighted by Gasteiger charge is 2.02. The van der Waals surface area contributed by atoms with Crippen molar-refractivity contribution in [1.82, 2.24) is 0 Å². The summed E-state index contributed by atoms with van der Waals surface area (Å²) in [5.74, 6) is -0.939. The molecule has 1 aromatic rings. The van der Waals surface area contributed by atoms with Crippen molar-refractivity contribution in [2.24, 2.45) is 0 Å². The van der Waals surface area contributed by atoms with E-state index in [9.17, 15) is 4.79 Å². The monoisotopic (exact) mass is 195 g/mol. The summed E-state index contributed by atoms with van der Waals surface area (Å²) >= 11 is 4.83. The van der Waals surface area contributed by atoms with Crippen LogP contribution in [0.2, 0.25) is 0 Å². The molecule has 0 atom stereocenters. The van der Waals surface area contributed by atoms with Crippen LogP contribution in [0.3, 0.4) is 0 Å². The zero-order valence-corrected chi connectivity index (χ0v) is 7.89. The largest absolute Gasteiger partial charge is 0.478 e. The van der Waals surface area contributed by atoms with E-state index in [1.807, 2.05) is 0 Å². The van der Waals surface area contributed by atoms with Crippen molar-refractivity contribution in [2.75, 3.05) is 5.32 Å². The summed E-state index contributed by atoms with van der Waals surface area (Å²) in [5, 5.41) is 11.6. The molecular formula is C9H9NO2S. The predicted octanol–water partition coefficient (Wildman–Crippen LogP) is 2.14. The molecule has 0 spiro atoms. The van der Waals surface area contributed by atoms with E-state index in [0.29, 0.717) is 10.7 Å². The minimum atomic E-state index is -0.939. The molecule has 1 aromatic carbocycles. The highest BCUT2D eigenvalue weighted by atomic mass is 32.1. The molecule has 0 aliphatic carbocycles. The Hall–Kier alpha value is -1.42. The fraction of sp³-hybridized carbons (Fsp3) is 0.111. The number of anilines is 1. The number of nitrogens with one attached hydrogen (secondary N) is 1. The number of carbonyl (C=O) groups is 1. The summed E-state index contributed by atoms with van der Waals surface area (Å²) < 4.78 is 0. The van der Waals surface area contributed by atoms with Crippen molar-refractivity contribution < 1.29 is 9.90 Å². The molecule has 0 aromatic heterocycles. The van der Waals surface area contributed by atoms with Crippen molar-refractivity contribution in [1.29, 1.82) is 0 Å². The zero-order chi connectivity index (χ0) is 9.84. The molecule has 4 heteroatoms. The van der Waals surface area contributed by atoms with E-state index in [1.54, 1.807) is 19.1 Å². The average Bonchev–Trinajstić information content (AvgIpc) is 2.03. The van der Waals surface area contributed by atoms with Gasteiger partial charge in [-0.15, -0.1) is 0 Å². The fourth-order valence-electron chi connectivity index (χ4n) is 0.933. The third-order valence-corrected chi connectivity index (χ3v) is 1.53. The first kappa shape index (κ1) is 9.67. The van der Waals surface area contributed by atoms with Gasteiger partial charge < -0.3 is 10.4 Å². The zero-order valence-electron chi connectivity index (χ0n) is 7.07. The summed E-state index contributed by atoms with van der Waals surface area (Å²) in [6.45, 7) is 1.74. The van der Waals surface area contributed by atoms with Gasteiger partial charge in [-0.25, -0.2) is 4.79 Å². The lowest BCUT2D eigenvalue weighted by Crippen LogP contribution is -2.04. The average molecular weight is 195 g/mol. The van der Waals surface area contributed by atoms with Crippen molar-refractivity contribution in [3.8, 4) is 0 Å². The van der Waals surface area contributed by atoms with Gasteiger partial charge in [0.2, 0.25) is 0 Å². The van der Waals surface area contributed by atoms with Gasteiger partial charge in [0.15, 0.2) is 0 Å². The number of benzene rings is 1. The fourth-order valence-corrected chi connectivity index (χ4v) is 1.05. The van der Waals surface area contributed by atoms with Gasteiger partial charge in [0.1, 0.15) is 0 Å². The van der Waals surface area contributed by atoms with Crippen LogP contribution in [0.25, 0.3) is 0 Å². The van der Waals surface area contributed by atoms with Crippen LogP contribution in [0.15, 0.2) is 24.3 Å². The second-order valence-corrected chi connectivity index (χ2v) is 3.18. The Morgan fingerprint density at radius 2 is 2.23 bits per heavy atom. The van der Waals surface area contributed by atoms with E-state index < -0.39 is 5.97 Å². The summed E-state index contributed by atoms with van der Waals surface area (Å²) in [5.41, 5.74) is 0.952. The first-order valence-electron chi connectivity index (χ1n) is 3.70. The first-order valence-corrected chi connectivity index (χ1v) is 4.11. The van der Waals surface area contributed by atoms with Gasteiger partial charge in [-0.2, -0.15) is 0 Å². The third-order valence-electron chi connectivity index (χ3n) is 1.43. The molecule has 13 heavy (non-hydrogen) atoms. The SMILES string of the molecule is CC(=S)Nc1cccc(C(=O)O)c1. The van der Waals surface area contributed by atoms with Gasteiger partial charge in [-0.1, -0.05) is 18.3 Å². The second-order valence-electron chi connectivity index (χ2n) is 2.57. The summed E-state index contributed by atoms with van der Waals surface area (Å²) in [4.78, 5) is 11.2. The van der Waals surface area contributed by atoms with Gasteiger partial charge in [0.25, 0.3) is 0 Å². The number of hydrogen-bond donors (Lipinski definition) is 2. The lowest BCUT2D eigenvalue weighted by atomic mass is 10.2. The Bertz CT molecular complexity index is 349. The van der Waals surface area contributed by atoms with Gasteiger partial charge in [-0.3, -0.25) is 0 Å². The molecule has 1 rings (SSSR count). The maximum absolute atomic E-state index is 10.6. The van der Waals surface area contributed by atoms with Crippen LogP contribution >= 0.6 is 12.2 Å². The van der Waals surface area contributed by atoms with Crippen molar-refractivity contribution in [3.05, 3.63) is 29.8 Å². The topological polar surface area (TPSA) is 49.3 Å². The lowest BCUT2D eigenvalue weighted by Gasteiger charge is -2.03. The van der Waals surface area contributed by atoms with E-state index in [-0.39, 0.29) is 5.56 Å². The maximum Gasteiger partial charge on any atom is 0.335 e. The van der Waals surface area contributed by atoms with Crippen LogP contribution in [0.1, 0.15) is 17.3 Å². The molecule has 0 unspecified atom stereocenters. The maximum atomic E-state index is 10.6. The number of rotatable bonds is 2. The number of carboxylic acids is 1. The number of thiocarbonyl (C=S) groups is 1. The normalized spacial score (nSPS) is 9.31. The van der Waals surface area contributed by atoms with E-state index in [1.165, 1.54) is 12.1 Å². The lowest BCUT2D eigenvalue weighted by molar-refractivity contribution is 0.0697. The molecule has 0 radical (unpaired) electrons. The van der Waals surface area contributed by atoms with E-state index in [0.717, 1.165) is 0 Å². The van der Waals surface area contributed by atoms with Gasteiger partial charge in [0.05, 0.1) is 10.6 Å².